The van der Waals surface area contributed by atoms with Crippen LogP contribution in [0.1, 0.15) is 12.5 Å². The van der Waals surface area contributed by atoms with Crippen LogP contribution in [-0.2, 0) is 16.0 Å². The summed E-state index contributed by atoms with van der Waals surface area (Å²) in [6.45, 7) is 2.35. The Hall–Kier alpha value is -1.75. The Balaban J connectivity index is 2.02. The lowest BCUT2D eigenvalue weighted by atomic mass is 10.1. The molecule has 18 heavy (non-hydrogen) atoms. The maximum atomic E-state index is 10.8. The van der Waals surface area contributed by atoms with E-state index in [1.54, 1.807) is 13.2 Å². The highest BCUT2D eigenvalue weighted by Gasteiger charge is 2.28. The smallest absolute Gasteiger partial charge is 0.345 e. The molecule has 98 valence electrons. The molecule has 0 bridgehead atoms. The van der Waals surface area contributed by atoms with E-state index in [9.17, 15) is 4.79 Å². The van der Waals surface area contributed by atoms with E-state index >= 15 is 0 Å². The molecule has 1 aliphatic rings. The minimum absolute atomic E-state index is 0.00550. The SMILES string of the molecule is COC(C)COc1ccc2c(c1)OC(C(=O)O)C2. The number of carboxylic acid groups (broad SMARTS) is 1. The number of carboxylic acids is 1. The summed E-state index contributed by atoms with van der Waals surface area (Å²) < 4.78 is 15.9. The Labute approximate surface area is 105 Å². The fourth-order valence-corrected chi connectivity index (χ4v) is 1.72. The molecule has 0 saturated heterocycles. The quantitative estimate of drug-likeness (QED) is 0.860. The molecule has 1 aromatic rings. The van der Waals surface area contributed by atoms with Gasteiger partial charge < -0.3 is 19.3 Å². The first kappa shape index (κ1) is 12.7. The third-order valence-electron chi connectivity index (χ3n) is 2.88. The highest BCUT2D eigenvalue weighted by atomic mass is 16.5. The molecule has 5 nitrogen and oxygen atoms in total. The normalized spacial score (nSPS) is 18.9. The highest BCUT2D eigenvalue weighted by Crippen LogP contribution is 2.32. The first-order valence-corrected chi connectivity index (χ1v) is 5.78. The lowest BCUT2D eigenvalue weighted by molar-refractivity contribution is -0.144. The Bertz CT molecular complexity index is 443. The van der Waals surface area contributed by atoms with Crippen LogP contribution in [0.5, 0.6) is 11.5 Å². The van der Waals surface area contributed by atoms with Gasteiger partial charge in [0.2, 0.25) is 0 Å². The summed E-state index contributed by atoms with van der Waals surface area (Å²) in [5.74, 6) is 0.301. The van der Waals surface area contributed by atoms with Crippen LogP contribution < -0.4 is 9.47 Å². The summed E-state index contributed by atoms with van der Waals surface area (Å²) in [4.78, 5) is 10.8. The maximum absolute atomic E-state index is 10.8. The zero-order valence-corrected chi connectivity index (χ0v) is 10.4. The fourth-order valence-electron chi connectivity index (χ4n) is 1.72. The van der Waals surface area contributed by atoms with Crippen molar-refractivity contribution in [3.63, 3.8) is 0 Å². The van der Waals surface area contributed by atoms with Gasteiger partial charge in [-0.25, -0.2) is 4.79 Å². The zero-order valence-electron chi connectivity index (χ0n) is 10.4. The van der Waals surface area contributed by atoms with Crippen molar-refractivity contribution in [3.8, 4) is 11.5 Å². The second-order valence-corrected chi connectivity index (χ2v) is 4.28. The lowest BCUT2D eigenvalue weighted by Gasteiger charge is -2.12. The van der Waals surface area contributed by atoms with Crippen LogP contribution in [0.4, 0.5) is 0 Å². The van der Waals surface area contributed by atoms with Crippen molar-refractivity contribution in [3.05, 3.63) is 23.8 Å². The van der Waals surface area contributed by atoms with E-state index in [4.69, 9.17) is 19.3 Å². The molecule has 0 aliphatic carbocycles. The summed E-state index contributed by atoms with van der Waals surface area (Å²) in [5.41, 5.74) is 0.898. The van der Waals surface area contributed by atoms with Gasteiger partial charge >= 0.3 is 5.97 Å². The van der Waals surface area contributed by atoms with Crippen LogP contribution in [-0.4, -0.2) is 37.0 Å². The summed E-state index contributed by atoms with van der Waals surface area (Å²) in [6.07, 6.45) is -0.376. The molecule has 0 fully saturated rings. The van der Waals surface area contributed by atoms with E-state index in [-0.39, 0.29) is 6.10 Å². The van der Waals surface area contributed by atoms with Gasteiger partial charge in [-0.15, -0.1) is 0 Å². The molecule has 5 heteroatoms. The monoisotopic (exact) mass is 252 g/mol. The summed E-state index contributed by atoms with van der Waals surface area (Å²) >= 11 is 0. The van der Waals surface area contributed by atoms with Crippen molar-refractivity contribution in [1.82, 2.24) is 0 Å². The zero-order chi connectivity index (χ0) is 13.1. The number of methoxy groups -OCH3 is 1. The Kier molecular flexibility index (Phi) is 3.72. The maximum Gasteiger partial charge on any atom is 0.345 e. The van der Waals surface area contributed by atoms with E-state index < -0.39 is 12.1 Å². The van der Waals surface area contributed by atoms with Crippen molar-refractivity contribution in [2.75, 3.05) is 13.7 Å². The predicted molar refractivity (Wildman–Crippen MR) is 64.2 cm³/mol. The molecule has 1 N–H and O–H groups in total. The van der Waals surface area contributed by atoms with Gasteiger partial charge in [0.15, 0.2) is 6.10 Å². The largest absolute Gasteiger partial charge is 0.491 e. The molecule has 1 aromatic carbocycles. The number of ether oxygens (including phenoxy) is 3. The Morgan fingerprint density at radius 3 is 3.06 bits per heavy atom. The standard InChI is InChI=1S/C13H16O5/c1-8(16-2)7-17-10-4-3-9-5-12(13(14)15)18-11(9)6-10/h3-4,6,8,12H,5,7H2,1-2H3,(H,14,15). The molecular weight excluding hydrogens is 236 g/mol. The molecular formula is C13H16O5. The third-order valence-corrected chi connectivity index (χ3v) is 2.88. The number of fused-ring (bicyclic) bond motifs is 1. The molecule has 1 aliphatic heterocycles. The van der Waals surface area contributed by atoms with Crippen molar-refractivity contribution in [2.24, 2.45) is 0 Å². The second-order valence-electron chi connectivity index (χ2n) is 4.28. The van der Waals surface area contributed by atoms with Gasteiger partial charge in [0.1, 0.15) is 18.1 Å². The minimum Gasteiger partial charge on any atom is -0.491 e. The van der Waals surface area contributed by atoms with Gasteiger partial charge in [0, 0.05) is 19.6 Å². The van der Waals surface area contributed by atoms with E-state index in [2.05, 4.69) is 0 Å². The van der Waals surface area contributed by atoms with Crippen molar-refractivity contribution >= 4 is 5.97 Å². The van der Waals surface area contributed by atoms with Crippen LogP contribution in [0.3, 0.4) is 0 Å². The number of aliphatic carboxylic acids is 1. The molecule has 0 aromatic heterocycles. The van der Waals surface area contributed by atoms with E-state index in [1.807, 2.05) is 19.1 Å². The second kappa shape index (κ2) is 5.27. The number of benzene rings is 1. The van der Waals surface area contributed by atoms with Crippen molar-refractivity contribution < 1.29 is 24.1 Å². The Morgan fingerprint density at radius 2 is 2.39 bits per heavy atom. The summed E-state index contributed by atoms with van der Waals surface area (Å²) in [5, 5.41) is 8.89. The Morgan fingerprint density at radius 1 is 1.61 bits per heavy atom. The first-order chi connectivity index (χ1) is 8.60. The number of carbonyl (C=O) groups is 1. The summed E-state index contributed by atoms with van der Waals surface area (Å²) in [6, 6.07) is 5.38. The molecule has 0 saturated carbocycles. The molecule has 2 atom stereocenters. The number of hydrogen-bond acceptors (Lipinski definition) is 4. The third kappa shape index (κ3) is 2.73. The van der Waals surface area contributed by atoms with Crippen LogP contribution in [0.15, 0.2) is 18.2 Å². The minimum atomic E-state index is -0.943. The summed E-state index contributed by atoms with van der Waals surface area (Å²) in [7, 11) is 1.62. The molecule has 1 heterocycles. The average Bonchev–Trinajstić information content (AvgIpc) is 2.79. The van der Waals surface area contributed by atoms with Gasteiger partial charge in [-0.1, -0.05) is 6.07 Å². The highest BCUT2D eigenvalue weighted by molar-refractivity contribution is 5.74. The van der Waals surface area contributed by atoms with Gasteiger partial charge in [-0.2, -0.15) is 0 Å². The van der Waals surface area contributed by atoms with Crippen LogP contribution >= 0.6 is 0 Å². The van der Waals surface area contributed by atoms with E-state index in [0.29, 0.717) is 24.5 Å². The molecule has 0 spiro atoms. The van der Waals surface area contributed by atoms with Gasteiger partial charge in [-0.3, -0.25) is 0 Å². The average molecular weight is 252 g/mol. The van der Waals surface area contributed by atoms with Crippen molar-refractivity contribution in [1.29, 1.82) is 0 Å². The van der Waals surface area contributed by atoms with Gasteiger partial charge in [0.25, 0.3) is 0 Å². The lowest BCUT2D eigenvalue weighted by Crippen LogP contribution is -2.24. The first-order valence-electron chi connectivity index (χ1n) is 5.78. The topological polar surface area (TPSA) is 65.0 Å². The van der Waals surface area contributed by atoms with Gasteiger partial charge in [0.05, 0.1) is 6.10 Å². The van der Waals surface area contributed by atoms with Gasteiger partial charge in [-0.05, 0) is 18.6 Å². The van der Waals surface area contributed by atoms with Crippen LogP contribution in [0.25, 0.3) is 0 Å². The van der Waals surface area contributed by atoms with Crippen molar-refractivity contribution in [2.45, 2.75) is 25.6 Å². The fraction of sp³-hybridized carbons (Fsp3) is 0.462. The number of hydrogen-bond donors (Lipinski definition) is 1. The predicted octanol–water partition coefficient (Wildman–Crippen LogP) is 1.49. The number of rotatable bonds is 5. The van der Waals surface area contributed by atoms with E-state index in [0.717, 1.165) is 5.56 Å². The molecule has 2 unspecified atom stereocenters. The van der Waals surface area contributed by atoms with Crippen LogP contribution in [0, 0.1) is 0 Å². The molecule has 2 rings (SSSR count). The molecule has 0 radical (unpaired) electrons. The van der Waals surface area contributed by atoms with E-state index in [1.165, 1.54) is 0 Å². The molecule has 0 amide bonds. The van der Waals surface area contributed by atoms with Crippen LogP contribution in [0.2, 0.25) is 0 Å².